The van der Waals surface area contributed by atoms with E-state index in [9.17, 15) is 0 Å². The Kier molecular flexibility index (Phi) is 4.17. The van der Waals surface area contributed by atoms with E-state index in [1.165, 1.54) is 0 Å². The minimum absolute atomic E-state index is 0.529. The lowest BCUT2D eigenvalue weighted by atomic mass is 10.2. The van der Waals surface area contributed by atoms with Crippen LogP contribution in [0.4, 0.5) is 10.8 Å². The molecule has 0 aliphatic carbocycles. The summed E-state index contributed by atoms with van der Waals surface area (Å²) in [6, 6.07) is 6.01. The summed E-state index contributed by atoms with van der Waals surface area (Å²) in [7, 11) is 0. The van der Waals surface area contributed by atoms with Crippen LogP contribution in [-0.4, -0.2) is 11.6 Å². The van der Waals surface area contributed by atoms with Crippen LogP contribution in [0.15, 0.2) is 24.4 Å². The van der Waals surface area contributed by atoms with E-state index < -0.39 is 0 Å². The summed E-state index contributed by atoms with van der Waals surface area (Å²) in [4.78, 5) is 5.34. The van der Waals surface area contributed by atoms with Crippen molar-refractivity contribution in [2.45, 2.75) is 20.4 Å². The maximum Gasteiger partial charge on any atom is 0.187 e. The molecular weight excluding hydrogens is 246 g/mol. The molecule has 0 radical (unpaired) electrons. The van der Waals surface area contributed by atoms with E-state index in [2.05, 4.69) is 16.4 Å². The molecule has 1 heterocycles. The van der Waals surface area contributed by atoms with Crippen LogP contribution < -0.4 is 15.8 Å². The van der Waals surface area contributed by atoms with Gasteiger partial charge in [0, 0.05) is 23.3 Å². The molecule has 3 N–H and O–H groups in total. The lowest BCUT2D eigenvalue weighted by Crippen LogP contribution is -1.95. The van der Waals surface area contributed by atoms with Crippen LogP contribution >= 0.6 is 11.3 Å². The Bertz CT molecular complexity index is 525. The minimum Gasteiger partial charge on any atom is -0.494 e. The standard InChI is InChI=1S/C13H17N3OS/c1-3-17-12-5-4-10(6-9(12)2)16-13-15-8-11(7-14)18-13/h4-6,8H,3,7,14H2,1-2H3,(H,15,16). The molecule has 0 atom stereocenters. The van der Waals surface area contributed by atoms with Crippen molar-refractivity contribution in [3.8, 4) is 5.75 Å². The van der Waals surface area contributed by atoms with Gasteiger partial charge in [0.2, 0.25) is 0 Å². The van der Waals surface area contributed by atoms with E-state index in [1.807, 2.05) is 26.0 Å². The van der Waals surface area contributed by atoms with Gasteiger partial charge < -0.3 is 15.8 Å². The van der Waals surface area contributed by atoms with E-state index in [0.717, 1.165) is 27.0 Å². The maximum atomic E-state index is 5.56. The van der Waals surface area contributed by atoms with Gasteiger partial charge in [0.1, 0.15) is 5.75 Å². The van der Waals surface area contributed by atoms with Crippen LogP contribution in [0, 0.1) is 6.92 Å². The van der Waals surface area contributed by atoms with Gasteiger partial charge in [-0.1, -0.05) is 0 Å². The number of aryl methyl sites for hydroxylation is 1. The average molecular weight is 263 g/mol. The molecule has 0 unspecified atom stereocenters. The molecule has 1 aromatic heterocycles. The van der Waals surface area contributed by atoms with Gasteiger partial charge >= 0.3 is 0 Å². The zero-order valence-electron chi connectivity index (χ0n) is 10.6. The van der Waals surface area contributed by atoms with Gasteiger partial charge in [-0.15, -0.1) is 11.3 Å². The number of nitrogens with one attached hydrogen (secondary N) is 1. The van der Waals surface area contributed by atoms with Crippen LogP contribution in [0.5, 0.6) is 5.75 Å². The first-order chi connectivity index (χ1) is 8.72. The molecule has 4 nitrogen and oxygen atoms in total. The van der Waals surface area contributed by atoms with E-state index in [1.54, 1.807) is 17.5 Å². The summed E-state index contributed by atoms with van der Waals surface area (Å²) < 4.78 is 5.51. The van der Waals surface area contributed by atoms with Gasteiger partial charge in [-0.05, 0) is 37.6 Å². The second kappa shape index (κ2) is 5.84. The van der Waals surface area contributed by atoms with Crippen LogP contribution in [0.3, 0.4) is 0 Å². The molecule has 0 saturated carbocycles. The largest absolute Gasteiger partial charge is 0.494 e. The zero-order chi connectivity index (χ0) is 13.0. The first-order valence-electron chi connectivity index (χ1n) is 5.88. The summed E-state index contributed by atoms with van der Waals surface area (Å²) >= 11 is 1.57. The molecule has 2 aromatic rings. The van der Waals surface area contributed by atoms with Crippen molar-refractivity contribution in [1.29, 1.82) is 0 Å². The summed E-state index contributed by atoms with van der Waals surface area (Å²) in [5.41, 5.74) is 7.68. The molecule has 2 rings (SSSR count). The Morgan fingerprint density at radius 2 is 2.28 bits per heavy atom. The van der Waals surface area contributed by atoms with Gasteiger partial charge in [0.25, 0.3) is 0 Å². The molecule has 1 aromatic carbocycles. The fraction of sp³-hybridized carbons (Fsp3) is 0.308. The summed E-state index contributed by atoms with van der Waals surface area (Å²) in [5, 5.41) is 4.13. The number of hydrogen-bond acceptors (Lipinski definition) is 5. The van der Waals surface area contributed by atoms with E-state index >= 15 is 0 Å². The Morgan fingerprint density at radius 3 is 2.89 bits per heavy atom. The van der Waals surface area contributed by atoms with E-state index in [-0.39, 0.29) is 0 Å². The van der Waals surface area contributed by atoms with E-state index in [4.69, 9.17) is 10.5 Å². The van der Waals surface area contributed by atoms with Crippen LogP contribution in [0.2, 0.25) is 0 Å². The number of thiazole rings is 1. The second-order valence-corrected chi connectivity index (χ2v) is 4.99. The van der Waals surface area contributed by atoms with Crippen molar-refractivity contribution in [2.24, 2.45) is 5.73 Å². The summed E-state index contributed by atoms with van der Waals surface area (Å²) in [6.45, 7) is 5.22. The third kappa shape index (κ3) is 3.00. The number of anilines is 2. The molecule has 5 heteroatoms. The van der Waals surface area contributed by atoms with Gasteiger partial charge in [-0.25, -0.2) is 4.98 Å². The topological polar surface area (TPSA) is 60.2 Å². The molecule has 0 aliphatic heterocycles. The van der Waals surface area contributed by atoms with Crippen LogP contribution in [0.1, 0.15) is 17.4 Å². The van der Waals surface area contributed by atoms with Gasteiger partial charge in [-0.2, -0.15) is 0 Å². The highest BCUT2D eigenvalue weighted by atomic mass is 32.1. The summed E-state index contributed by atoms with van der Waals surface area (Å²) in [5.74, 6) is 0.921. The quantitative estimate of drug-likeness (QED) is 0.870. The van der Waals surface area contributed by atoms with Gasteiger partial charge in [0.15, 0.2) is 5.13 Å². The lowest BCUT2D eigenvalue weighted by molar-refractivity contribution is 0.338. The molecule has 18 heavy (non-hydrogen) atoms. The van der Waals surface area contributed by atoms with Crippen molar-refractivity contribution < 1.29 is 4.74 Å². The number of hydrogen-bond donors (Lipinski definition) is 2. The van der Waals surface area contributed by atoms with Crippen molar-refractivity contribution in [3.63, 3.8) is 0 Å². The smallest absolute Gasteiger partial charge is 0.187 e. The Hall–Kier alpha value is -1.59. The fourth-order valence-corrected chi connectivity index (χ4v) is 2.34. The van der Waals surface area contributed by atoms with Gasteiger partial charge in [0.05, 0.1) is 6.61 Å². The van der Waals surface area contributed by atoms with Crippen LogP contribution in [-0.2, 0) is 6.54 Å². The highest BCUT2D eigenvalue weighted by molar-refractivity contribution is 7.15. The number of ether oxygens (including phenoxy) is 1. The molecular formula is C13H17N3OS. The first-order valence-corrected chi connectivity index (χ1v) is 6.69. The molecule has 0 saturated heterocycles. The molecule has 96 valence electrons. The predicted octanol–water partition coefficient (Wildman–Crippen LogP) is 3.05. The number of benzene rings is 1. The fourth-order valence-electron chi connectivity index (χ4n) is 1.63. The minimum atomic E-state index is 0.529. The van der Waals surface area contributed by atoms with Crippen molar-refractivity contribution in [2.75, 3.05) is 11.9 Å². The maximum absolute atomic E-state index is 5.56. The lowest BCUT2D eigenvalue weighted by Gasteiger charge is -2.09. The monoisotopic (exact) mass is 263 g/mol. The third-order valence-electron chi connectivity index (χ3n) is 2.48. The van der Waals surface area contributed by atoms with Crippen molar-refractivity contribution >= 4 is 22.2 Å². The SMILES string of the molecule is CCOc1ccc(Nc2ncc(CN)s2)cc1C. The molecule has 0 spiro atoms. The Morgan fingerprint density at radius 1 is 1.44 bits per heavy atom. The number of nitrogens with zero attached hydrogens (tertiary/aromatic N) is 1. The molecule has 0 aliphatic rings. The Labute approximate surface area is 111 Å². The van der Waals surface area contributed by atoms with E-state index in [0.29, 0.717) is 13.2 Å². The molecule has 0 bridgehead atoms. The number of nitrogens with two attached hydrogens (primary N) is 1. The normalized spacial score (nSPS) is 10.4. The molecule has 0 amide bonds. The average Bonchev–Trinajstić information content (AvgIpc) is 2.80. The third-order valence-corrected chi connectivity index (χ3v) is 3.42. The second-order valence-electron chi connectivity index (χ2n) is 3.87. The van der Waals surface area contributed by atoms with Gasteiger partial charge in [-0.3, -0.25) is 0 Å². The summed E-state index contributed by atoms with van der Waals surface area (Å²) in [6.07, 6.45) is 1.80. The first kappa shape index (κ1) is 12.9. The highest BCUT2D eigenvalue weighted by Gasteiger charge is 2.03. The number of rotatable bonds is 5. The molecule has 0 fully saturated rings. The number of aromatic nitrogens is 1. The zero-order valence-corrected chi connectivity index (χ0v) is 11.4. The highest BCUT2D eigenvalue weighted by Crippen LogP contribution is 2.26. The van der Waals surface area contributed by atoms with Crippen molar-refractivity contribution in [3.05, 3.63) is 34.8 Å². The predicted molar refractivity (Wildman–Crippen MR) is 75.6 cm³/mol. The van der Waals surface area contributed by atoms with Crippen LogP contribution in [0.25, 0.3) is 0 Å². The van der Waals surface area contributed by atoms with Crippen molar-refractivity contribution in [1.82, 2.24) is 4.98 Å². The Balaban J connectivity index is 2.12.